The molecule has 0 saturated carbocycles. The number of nitrogens with zero attached hydrogens (tertiary/aromatic N) is 3. The molecule has 1 fully saturated rings. The minimum atomic E-state index is 0. The first-order chi connectivity index (χ1) is 10.9. The van der Waals surface area contributed by atoms with Crippen LogP contribution in [0.5, 0.6) is 0 Å². The fraction of sp³-hybridized carbons (Fsp3) is 0.222. The van der Waals surface area contributed by atoms with Crippen molar-refractivity contribution >= 4 is 22.7 Å². The molecule has 0 unspecified atom stereocenters. The zero-order valence-corrected chi connectivity index (χ0v) is 14.4. The average Bonchev–Trinajstić information content (AvgIpc) is 3.28. The second-order valence-corrected chi connectivity index (χ2v) is 5.52. The first-order valence-electron chi connectivity index (χ1n) is 7.61. The van der Waals surface area contributed by atoms with Crippen molar-refractivity contribution in [1.29, 1.82) is 0 Å². The van der Waals surface area contributed by atoms with Crippen molar-refractivity contribution in [1.82, 2.24) is 9.97 Å². The summed E-state index contributed by atoms with van der Waals surface area (Å²) < 4.78 is 5.57. The molecule has 2 aromatic heterocycles. The standard InChI is InChI=1S/C18H17N3O.BrH/c1-2-11-21(10-1)16-7-5-14(6-8-16)17-13-22-18(20-17)15-4-3-9-19-12-15;/h3-9,12-13H,1-2,10-11H2;1H. The number of aromatic nitrogens is 2. The third-order valence-electron chi connectivity index (χ3n) is 4.05. The smallest absolute Gasteiger partial charge is 0.228 e. The van der Waals surface area contributed by atoms with Gasteiger partial charge in [0.1, 0.15) is 12.0 Å². The zero-order chi connectivity index (χ0) is 14.8. The van der Waals surface area contributed by atoms with Gasteiger partial charge in [-0.05, 0) is 37.1 Å². The molecule has 1 aliphatic heterocycles. The van der Waals surface area contributed by atoms with Crippen LogP contribution in [0.4, 0.5) is 5.69 Å². The lowest BCUT2D eigenvalue weighted by molar-refractivity contribution is 0.574. The first kappa shape index (κ1) is 15.7. The summed E-state index contributed by atoms with van der Waals surface area (Å²) >= 11 is 0. The van der Waals surface area contributed by atoms with E-state index in [0.717, 1.165) is 29.9 Å². The molecule has 3 aromatic rings. The Morgan fingerprint density at radius 3 is 2.43 bits per heavy atom. The lowest BCUT2D eigenvalue weighted by atomic mass is 10.1. The third kappa shape index (κ3) is 3.29. The molecule has 0 bridgehead atoms. The van der Waals surface area contributed by atoms with Gasteiger partial charge in [0.05, 0.1) is 5.56 Å². The van der Waals surface area contributed by atoms with Crippen molar-refractivity contribution < 1.29 is 4.42 Å². The van der Waals surface area contributed by atoms with Crippen LogP contribution < -0.4 is 4.90 Å². The molecule has 0 N–H and O–H groups in total. The van der Waals surface area contributed by atoms with E-state index in [1.54, 1.807) is 18.7 Å². The highest BCUT2D eigenvalue weighted by molar-refractivity contribution is 8.93. The minimum absolute atomic E-state index is 0. The van der Waals surface area contributed by atoms with Gasteiger partial charge in [-0.1, -0.05) is 12.1 Å². The van der Waals surface area contributed by atoms with Crippen molar-refractivity contribution in [2.24, 2.45) is 0 Å². The van der Waals surface area contributed by atoms with Crippen molar-refractivity contribution in [3.63, 3.8) is 0 Å². The molecule has 0 radical (unpaired) electrons. The number of benzene rings is 1. The normalized spacial score (nSPS) is 13.8. The molecular formula is C18H18BrN3O. The maximum atomic E-state index is 5.57. The third-order valence-corrected chi connectivity index (χ3v) is 4.05. The number of pyridine rings is 1. The number of rotatable bonds is 3. The van der Waals surface area contributed by atoms with E-state index in [1.165, 1.54) is 18.5 Å². The number of hydrogen-bond acceptors (Lipinski definition) is 4. The fourth-order valence-corrected chi connectivity index (χ4v) is 2.85. The van der Waals surface area contributed by atoms with Gasteiger partial charge in [0.25, 0.3) is 0 Å². The van der Waals surface area contributed by atoms with Gasteiger partial charge in [-0.3, -0.25) is 4.98 Å². The number of anilines is 1. The fourth-order valence-electron chi connectivity index (χ4n) is 2.85. The highest BCUT2D eigenvalue weighted by Crippen LogP contribution is 2.27. The van der Waals surface area contributed by atoms with E-state index in [1.807, 2.05) is 12.1 Å². The van der Waals surface area contributed by atoms with Crippen LogP contribution in [0.1, 0.15) is 12.8 Å². The van der Waals surface area contributed by atoms with Gasteiger partial charge in [0.15, 0.2) is 0 Å². The van der Waals surface area contributed by atoms with E-state index in [4.69, 9.17) is 4.42 Å². The summed E-state index contributed by atoms with van der Waals surface area (Å²) in [5.74, 6) is 0.603. The highest BCUT2D eigenvalue weighted by atomic mass is 79.9. The SMILES string of the molecule is Br.c1cncc(-c2nc(-c3ccc(N4CCCC4)cc3)co2)c1. The predicted octanol–water partition coefficient (Wildman–Crippen LogP) is 4.58. The number of hydrogen-bond donors (Lipinski definition) is 0. The molecule has 4 nitrogen and oxygen atoms in total. The molecule has 1 saturated heterocycles. The van der Waals surface area contributed by atoms with E-state index in [9.17, 15) is 0 Å². The van der Waals surface area contributed by atoms with Crippen LogP contribution in [0.2, 0.25) is 0 Å². The topological polar surface area (TPSA) is 42.2 Å². The molecule has 118 valence electrons. The van der Waals surface area contributed by atoms with Gasteiger partial charge < -0.3 is 9.32 Å². The second-order valence-electron chi connectivity index (χ2n) is 5.52. The Morgan fingerprint density at radius 2 is 1.74 bits per heavy atom. The Balaban J connectivity index is 0.00000156. The Hall–Kier alpha value is -2.14. The summed E-state index contributed by atoms with van der Waals surface area (Å²) in [4.78, 5) is 11.1. The maximum absolute atomic E-state index is 5.57. The Morgan fingerprint density at radius 1 is 0.957 bits per heavy atom. The zero-order valence-electron chi connectivity index (χ0n) is 12.7. The Kier molecular flexibility index (Phi) is 4.76. The molecule has 0 spiro atoms. The van der Waals surface area contributed by atoms with Crippen molar-refractivity contribution in [2.75, 3.05) is 18.0 Å². The molecule has 0 aliphatic carbocycles. The molecule has 1 aromatic carbocycles. The average molecular weight is 372 g/mol. The lowest BCUT2D eigenvalue weighted by Gasteiger charge is -2.17. The van der Waals surface area contributed by atoms with Crippen LogP contribution in [0.3, 0.4) is 0 Å². The van der Waals surface area contributed by atoms with Gasteiger partial charge in [-0.25, -0.2) is 4.98 Å². The van der Waals surface area contributed by atoms with Gasteiger partial charge >= 0.3 is 0 Å². The largest absolute Gasteiger partial charge is 0.444 e. The van der Waals surface area contributed by atoms with Gasteiger partial charge in [-0.15, -0.1) is 17.0 Å². The van der Waals surface area contributed by atoms with Crippen molar-refractivity contribution in [3.8, 4) is 22.7 Å². The molecule has 4 rings (SSSR count). The number of halogens is 1. The molecule has 23 heavy (non-hydrogen) atoms. The molecule has 0 atom stereocenters. The van der Waals surface area contributed by atoms with Crippen LogP contribution in [0.15, 0.2) is 59.5 Å². The Bertz CT molecular complexity index is 749. The van der Waals surface area contributed by atoms with Crippen LogP contribution >= 0.6 is 17.0 Å². The quantitative estimate of drug-likeness (QED) is 0.675. The molecular weight excluding hydrogens is 354 g/mol. The van der Waals surface area contributed by atoms with Crippen LogP contribution in [-0.2, 0) is 0 Å². The van der Waals surface area contributed by atoms with Gasteiger partial charge in [-0.2, -0.15) is 0 Å². The lowest BCUT2D eigenvalue weighted by Crippen LogP contribution is -2.17. The summed E-state index contributed by atoms with van der Waals surface area (Å²) in [6.45, 7) is 2.32. The molecule has 0 amide bonds. The van der Waals surface area contributed by atoms with Crippen molar-refractivity contribution in [2.45, 2.75) is 12.8 Å². The predicted molar refractivity (Wildman–Crippen MR) is 96.9 cm³/mol. The summed E-state index contributed by atoms with van der Waals surface area (Å²) in [7, 11) is 0. The molecule has 5 heteroatoms. The maximum Gasteiger partial charge on any atom is 0.228 e. The first-order valence-corrected chi connectivity index (χ1v) is 7.61. The van der Waals surface area contributed by atoms with Gasteiger partial charge in [0.2, 0.25) is 5.89 Å². The second kappa shape index (κ2) is 6.96. The summed E-state index contributed by atoms with van der Waals surface area (Å²) in [6, 6.07) is 12.4. The van der Waals surface area contributed by atoms with Crippen molar-refractivity contribution in [3.05, 3.63) is 55.1 Å². The Labute approximate surface area is 146 Å². The van der Waals surface area contributed by atoms with Crippen LogP contribution in [0, 0.1) is 0 Å². The van der Waals surface area contributed by atoms with E-state index in [0.29, 0.717) is 5.89 Å². The van der Waals surface area contributed by atoms with Crippen LogP contribution in [0.25, 0.3) is 22.7 Å². The van der Waals surface area contributed by atoms with Gasteiger partial charge in [0, 0.05) is 36.7 Å². The van der Waals surface area contributed by atoms with E-state index < -0.39 is 0 Å². The monoisotopic (exact) mass is 371 g/mol. The summed E-state index contributed by atoms with van der Waals surface area (Å²) in [6.07, 6.45) is 7.78. The molecule has 3 heterocycles. The number of oxazole rings is 1. The summed E-state index contributed by atoms with van der Waals surface area (Å²) in [5.41, 5.74) is 4.10. The van der Waals surface area contributed by atoms with E-state index in [2.05, 4.69) is 39.1 Å². The summed E-state index contributed by atoms with van der Waals surface area (Å²) in [5, 5.41) is 0. The highest BCUT2D eigenvalue weighted by Gasteiger charge is 2.13. The minimum Gasteiger partial charge on any atom is -0.444 e. The molecule has 1 aliphatic rings. The van der Waals surface area contributed by atoms with Crippen LogP contribution in [-0.4, -0.2) is 23.1 Å². The van der Waals surface area contributed by atoms with E-state index >= 15 is 0 Å². The van der Waals surface area contributed by atoms with E-state index in [-0.39, 0.29) is 17.0 Å².